The predicted octanol–water partition coefficient (Wildman–Crippen LogP) is 2.70. The van der Waals surface area contributed by atoms with Gasteiger partial charge >= 0.3 is 0 Å². The van der Waals surface area contributed by atoms with Crippen LogP contribution in [0.1, 0.15) is 12.8 Å². The summed E-state index contributed by atoms with van der Waals surface area (Å²) in [6.07, 6.45) is 0.566. The highest BCUT2D eigenvalue weighted by atomic mass is 32.2. The molecule has 7 heteroatoms. The summed E-state index contributed by atoms with van der Waals surface area (Å²) in [7, 11) is 5.03. The van der Waals surface area contributed by atoms with Gasteiger partial charge in [0, 0.05) is 32.8 Å². The maximum Gasteiger partial charge on any atom is 0.184 e. The van der Waals surface area contributed by atoms with Gasteiger partial charge in [0.25, 0.3) is 0 Å². The van der Waals surface area contributed by atoms with Gasteiger partial charge in [-0.3, -0.25) is 0 Å². The van der Waals surface area contributed by atoms with Crippen LogP contribution in [0.15, 0.2) is 35.2 Å². The van der Waals surface area contributed by atoms with E-state index in [2.05, 4.69) is 12.1 Å². The van der Waals surface area contributed by atoms with Crippen molar-refractivity contribution in [3.63, 3.8) is 0 Å². The van der Waals surface area contributed by atoms with Crippen molar-refractivity contribution in [1.82, 2.24) is 0 Å². The molecule has 26 heavy (non-hydrogen) atoms. The predicted molar refractivity (Wildman–Crippen MR) is 98.3 cm³/mol. The zero-order valence-corrected chi connectivity index (χ0v) is 16.4. The summed E-state index contributed by atoms with van der Waals surface area (Å²) in [5.74, 6) is 0. The van der Waals surface area contributed by atoms with Crippen LogP contribution in [0.25, 0.3) is 0 Å². The van der Waals surface area contributed by atoms with E-state index in [0.717, 1.165) is 17.7 Å². The quantitative estimate of drug-likeness (QED) is 0.716. The van der Waals surface area contributed by atoms with Crippen molar-refractivity contribution in [2.45, 2.75) is 53.9 Å². The molecule has 2 aliphatic rings. The maximum atomic E-state index is 6.32. The third kappa shape index (κ3) is 4.78. The smallest absolute Gasteiger partial charge is 0.184 e. The van der Waals surface area contributed by atoms with Gasteiger partial charge < -0.3 is 28.4 Å². The molecule has 0 unspecified atom stereocenters. The lowest BCUT2D eigenvalue weighted by Crippen LogP contribution is -2.57. The summed E-state index contributed by atoms with van der Waals surface area (Å²) in [5.41, 5.74) is -0.191. The molecule has 6 atom stereocenters. The molecule has 0 aliphatic carbocycles. The fraction of sp³-hybridized carbons (Fsp3) is 0.684. The van der Waals surface area contributed by atoms with Gasteiger partial charge in [0.05, 0.1) is 6.61 Å². The van der Waals surface area contributed by atoms with Crippen LogP contribution in [0.4, 0.5) is 0 Å². The Hall–Kier alpha value is -0.670. The summed E-state index contributed by atoms with van der Waals surface area (Å²) < 4.78 is 35.1. The van der Waals surface area contributed by atoms with E-state index in [1.54, 1.807) is 33.1 Å². The Morgan fingerprint density at radius 3 is 2.38 bits per heavy atom. The maximum absolute atomic E-state index is 6.32. The van der Waals surface area contributed by atoms with Crippen LogP contribution in [0.2, 0.25) is 0 Å². The van der Waals surface area contributed by atoms with Crippen LogP contribution in [0.3, 0.4) is 0 Å². The number of hydrogen-bond acceptors (Lipinski definition) is 7. The number of thioether (sulfide) groups is 1. The van der Waals surface area contributed by atoms with Crippen LogP contribution in [-0.2, 0) is 28.4 Å². The normalized spacial score (nSPS) is 35.3. The molecule has 0 radical (unpaired) electrons. The molecule has 1 aromatic carbocycles. The molecule has 2 fully saturated rings. The van der Waals surface area contributed by atoms with E-state index in [9.17, 15) is 0 Å². The van der Waals surface area contributed by atoms with Crippen molar-refractivity contribution in [3.8, 4) is 0 Å². The van der Waals surface area contributed by atoms with Crippen molar-refractivity contribution >= 4 is 11.8 Å². The van der Waals surface area contributed by atoms with Gasteiger partial charge in [0.1, 0.15) is 29.9 Å². The van der Waals surface area contributed by atoms with Crippen LogP contribution >= 0.6 is 11.8 Å². The first kappa shape index (κ1) is 20.1. The van der Waals surface area contributed by atoms with Crippen LogP contribution in [0, 0.1) is 0 Å². The molecule has 0 spiro atoms. The average molecular weight is 384 g/mol. The molecule has 0 amide bonds. The minimum Gasteiger partial charge on any atom is -0.376 e. The van der Waals surface area contributed by atoms with Gasteiger partial charge in [-0.15, -0.1) is 0 Å². The summed E-state index contributed by atoms with van der Waals surface area (Å²) in [6, 6.07) is 10.1. The number of ether oxygens (including phenoxy) is 6. The molecule has 2 saturated heterocycles. The Morgan fingerprint density at radius 1 is 0.923 bits per heavy atom. The summed E-state index contributed by atoms with van der Waals surface area (Å²) in [5, 5.41) is 0. The Kier molecular flexibility index (Phi) is 7.75. The van der Waals surface area contributed by atoms with Crippen molar-refractivity contribution in [1.29, 1.82) is 0 Å². The second kappa shape index (κ2) is 10.0. The Bertz CT molecular complexity index is 530. The van der Waals surface area contributed by atoms with Crippen LogP contribution < -0.4 is 0 Å². The lowest BCUT2D eigenvalue weighted by Gasteiger charge is -2.43. The minimum absolute atomic E-state index is 0.0816. The zero-order valence-electron chi connectivity index (χ0n) is 15.5. The van der Waals surface area contributed by atoms with E-state index in [1.165, 1.54) is 0 Å². The molecule has 2 heterocycles. The second-order valence-electron chi connectivity index (χ2n) is 6.36. The van der Waals surface area contributed by atoms with E-state index in [-0.39, 0.29) is 29.9 Å². The molecule has 2 aliphatic heterocycles. The summed E-state index contributed by atoms with van der Waals surface area (Å²) in [4.78, 5) is 1.12. The van der Waals surface area contributed by atoms with Gasteiger partial charge in [-0.2, -0.15) is 0 Å². The van der Waals surface area contributed by atoms with Gasteiger partial charge in [-0.25, -0.2) is 0 Å². The lowest BCUT2D eigenvalue weighted by molar-refractivity contribution is -0.289. The van der Waals surface area contributed by atoms with Crippen molar-refractivity contribution in [2.24, 2.45) is 0 Å². The number of benzene rings is 1. The van der Waals surface area contributed by atoms with Gasteiger partial charge in [-0.05, 0) is 25.0 Å². The highest BCUT2D eigenvalue weighted by Gasteiger charge is 2.45. The topological polar surface area (TPSA) is 55.4 Å². The fourth-order valence-corrected chi connectivity index (χ4v) is 4.46. The van der Waals surface area contributed by atoms with Crippen molar-refractivity contribution in [3.05, 3.63) is 30.3 Å². The summed E-state index contributed by atoms with van der Waals surface area (Å²) in [6.45, 7) is 1.11. The fourth-order valence-electron chi connectivity index (χ4n) is 3.33. The Labute approximate surface area is 159 Å². The first-order chi connectivity index (χ1) is 12.8. The molecular weight excluding hydrogens is 356 g/mol. The first-order valence-electron chi connectivity index (χ1n) is 8.95. The van der Waals surface area contributed by atoms with Crippen LogP contribution in [-0.4, -0.2) is 70.7 Å². The number of rotatable bonds is 7. The minimum atomic E-state index is -0.422. The third-order valence-corrected chi connectivity index (χ3v) is 5.95. The van der Waals surface area contributed by atoms with Gasteiger partial charge in [0.15, 0.2) is 6.29 Å². The second-order valence-corrected chi connectivity index (χ2v) is 7.54. The highest BCUT2D eigenvalue weighted by Crippen LogP contribution is 2.35. The largest absolute Gasteiger partial charge is 0.376 e. The molecule has 0 bridgehead atoms. The molecule has 3 rings (SSSR count). The van der Waals surface area contributed by atoms with Crippen LogP contribution in [0.5, 0.6) is 0 Å². The average Bonchev–Trinajstić information content (AvgIpc) is 2.69. The molecule has 0 aromatic heterocycles. The Balaban J connectivity index is 1.73. The highest BCUT2D eigenvalue weighted by molar-refractivity contribution is 7.99. The zero-order chi connectivity index (χ0) is 18.4. The number of methoxy groups -OCH3 is 3. The molecule has 146 valence electrons. The summed E-state index contributed by atoms with van der Waals surface area (Å²) >= 11 is 1.63. The van der Waals surface area contributed by atoms with Crippen molar-refractivity contribution in [2.75, 3.05) is 34.5 Å². The van der Waals surface area contributed by atoms with E-state index in [0.29, 0.717) is 13.2 Å². The standard InChI is InChI=1S/C19H28O6S/c1-20-14-10-7-11-23-18(14)25-16-15(21-2)12-24-19(17(16)22-3)26-13-8-5-4-6-9-13/h4-6,8-9,14-19H,7,10-12H2,1-3H3/t14-,15-,16-,17-,18-,19+/m1/s1. The Morgan fingerprint density at radius 2 is 1.69 bits per heavy atom. The van der Waals surface area contributed by atoms with E-state index in [1.807, 2.05) is 18.2 Å². The van der Waals surface area contributed by atoms with Gasteiger partial charge in [0.2, 0.25) is 0 Å². The molecule has 1 aromatic rings. The monoisotopic (exact) mass is 384 g/mol. The molecule has 6 nitrogen and oxygen atoms in total. The van der Waals surface area contributed by atoms with E-state index in [4.69, 9.17) is 28.4 Å². The first-order valence-corrected chi connectivity index (χ1v) is 9.83. The lowest BCUT2D eigenvalue weighted by atomic mass is 10.1. The van der Waals surface area contributed by atoms with Gasteiger partial charge in [-0.1, -0.05) is 30.0 Å². The number of hydrogen-bond donors (Lipinski definition) is 0. The van der Waals surface area contributed by atoms with E-state index >= 15 is 0 Å². The molecule has 0 saturated carbocycles. The molecular formula is C19H28O6S. The third-order valence-electron chi connectivity index (χ3n) is 4.77. The SMILES string of the molecule is CO[C@@H]1[C@H](O[C@H]2OCCC[C@H]2OC)[C@H](OC)CO[C@H]1Sc1ccccc1. The molecule has 0 N–H and O–H groups in total. The van der Waals surface area contributed by atoms with Crippen molar-refractivity contribution < 1.29 is 28.4 Å². The van der Waals surface area contributed by atoms with E-state index < -0.39 is 6.29 Å².